The average molecular weight is 511 g/mol. The average Bonchev–Trinajstić information content (AvgIpc) is 2.75. The highest BCUT2D eigenvalue weighted by atomic mass is 35.5. The molecule has 1 saturated heterocycles. The second-order valence-electron chi connectivity index (χ2n) is 8.26. The normalized spacial score (nSPS) is 15.8. The third-order valence-electron chi connectivity index (χ3n) is 5.95. The smallest absolute Gasteiger partial charge is 0.228 e. The molecule has 2 aliphatic rings. The molecule has 166 valence electrons. The Bertz CT molecular complexity index is 1230. The summed E-state index contributed by atoms with van der Waals surface area (Å²) in [5.74, 6) is 2.52. The molecule has 0 aliphatic carbocycles. The molecule has 32 heavy (non-hydrogen) atoms. The first-order chi connectivity index (χ1) is 15.3. The van der Waals surface area contributed by atoms with Crippen LogP contribution in [0.4, 0.5) is 5.82 Å². The van der Waals surface area contributed by atoms with E-state index >= 15 is 0 Å². The predicted octanol–water partition coefficient (Wildman–Crippen LogP) is 7.40. The fourth-order valence-corrected chi connectivity index (χ4v) is 5.24. The van der Waals surface area contributed by atoms with Gasteiger partial charge in [-0.1, -0.05) is 53.3 Å². The monoisotopic (exact) mass is 509 g/mol. The number of aromatic nitrogens is 2. The van der Waals surface area contributed by atoms with Gasteiger partial charge >= 0.3 is 0 Å². The van der Waals surface area contributed by atoms with E-state index in [0.29, 0.717) is 44.6 Å². The molecule has 1 fully saturated rings. The lowest BCUT2D eigenvalue weighted by Crippen LogP contribution is -2.34. The molecule has 5 rings (SSSR count). The Morgan fingerprint density at radius 2 is 1.66 bits per heavy atom. The van der Waals surface area contributed by atoms with Crippen molar-refractivity contribution >= 4 is 52.2 Å². The summed E-state index contributed by atoms with van der Waals surface area (Å²) in [6.45, 7) is 4.00. The lowest BCUT2D eigenvalue weighted by Gasteiger charge is -2.34. The summed E-state index contributed by atoms with van der Waals surface area (Å²) in [5, 5.41) is 12.1. The SMILES string of the molecule is CC1CCN(c2nc(-c3cc(Cl)cc(Cl)c3O)nc3c2Cc2cc(Cl)cc(Cl)c2O3)CC1. The van der Waals surface area contributed by atoms with Crippen molar-refractivity contribution in [1.29, 1.82) is 0 Å². The Balaban J connectivity index is 1.68. The molecule has 2 aromatic carbocycles. The van der Waals surface area contributed by atoms with Crippen LogP contribution in [0.1, 0.15) is 30.9 Å². The summed E-state index contributed by atoms with van der Waals surface area (Å²) in [7, 11) is 0. The van der Waals surface area contributed by atoms with Gasteiger partial charge in [-0.3, -0.25) is 0 Å². The van der Waals surface area contributed by atoms with E-state index in [1.165, 1.54) is 6.07 Å². The first-order valence-corrected chi connectivity index (χ1v) is 11.8. The third-order valence-corrected chi connectivity index (χ3v) is 6.96. The van der Waals surface area contributed by atoms with Crippen molar-refractivity contribution in [2.24, 2.45) is 5.92 Å². The maximum atomic E-state index is 10.6. The Kier molecular flexibility index (Phi) is 5.79. The molecule has 0 unspecified atom stereocenters. The minimum Gasteiger partial charge on any atom is -0.506 e. The number of benzene rings is 2. The van der Waals surface area contributed by atoms with E-state index in [0.717, 1.165) is 42.9 Å². The zero-order valence-corrected chi connectivity index (χ0v) is 20.2. The fraction of sp³-hybridized carbons (Fsp3) is 0.304. The molecular formula is C23H19Cl4N3O2. The molecule has 0 bridgehead atoms. The zero-order valence-electron chi connectivity index (χ0n) is 17.1. The minimum atomic E-state index is -0.129. The maximum Gasteiger partial charge on any atom is 0.228 e. The van der Waals surface area contributed by atoms with E-state index in [4.69, 9.17) is 56.1 Å². The Hall–Kier alpha value is -1.92. The van der Waals surface area contributed by atoms with Gasteiger partial charge in [0.25, 0.3) is 0 Å². The second kappa shape index (κ2) is 8.45. The Morgan fingerprint density at radius 1 is 0.969 bits per heavy atom. The van der Waals surface area contributed by atoms with Crippen LogP contribution in [0.2, 0.25) is 20.1 Å². The highest BCUT2D eigenvalue weighted by Crippen LogP contribution is 2.46. The number of piperidine rings is 1. The quantitative estimate of drug-likeness (QED) is 0.304. The molecule has 3 aromatic rings. The first kappa shape index (κ1) is 21.9. The van der Waals surface area contributed by atoms with E-state index in [2.05, 4.69) is 16.8 Å². The number of ether oxygens (including phenoxy) is 1. The molecule has 0 spiro atoms. The lowest BCUT2D eigenvalue weighted by molar-refractivity contribution is 0.425. The molecule has 0 saturated carbocycles. The van der Waals surface area contributed by atoms with Crippen LogP contribution in [0.25, 0.3) is 11.4 Å². The largest absolute Gasteiger partial charge is 0.506 e. The van der Waals surface area contributed by atoms with Gasteiger partial charge < -0.3 is 14.7 Å². The van der Waals surface area contributed by atoms with Crippen LogP contribution in [-0.2, 0) is 6.42 Å². The van der Waals surface area contributed by atoms with Crippen LogP contribution in [-0.4, -0.2) is 28.2 Å². The summed E-state index contributed by atoms with van der Waals surface area (Å²) in [5.41, 5.74) is 2.09. The molecule has 0 amide bonds. The number of aromatic hydroxyl groups is 1. The highest BCUT2D eigenvalue weighted by Gasteiger charge is 2.30. The van der Waals surface area contributed by atoms with Crippen molar-refractivity contribution in [1.82, 2.24) is 9.97 Å². The number of hydrogen-bond acceptors (Lipinski definition) is 5. The van der Waals surface area contributed by atoms with Crippen LogP contribution in [0.5, 0.6) is 17.4 Å². The van der Waals surface area contributed by atoms with Gasteiger partial charge in [0.05, 0.1) is 21.2 Å². The van der Waals surface area contributed by atoms with Crippen molar-refractivity contribution in [2.45, 2.75) is 26.2 Å². The van der Waals surface area contributed by atoms with Crippen LogP contribution in [0, 0.1) is 5.92 Å². The minimum absolute atomic E-state index is 0.129. The van der Waals surface area contributed by atoms with E-state index in [1.54, 1.807) is 12.1 Å². The molecule has 9 heteroatoms. The maximum absolute atomic E-state index is 10.6. The van der Waals surface area contributed by atoms with Gasteiger partial charge in [0.1, 0.15) is 11.6 Å². The molecule has 3 heterocycles. The van der Waals surface area contributed by atoms with Gasteiger partial charge in [0, 0.05) is 35.1 Å². The van der Waals surface area contributed by atoms with Crippen LogP contribution in [0.15, 0.2) is 24.3 Å². The van der Waals surface area contributed by atoms with E-state index in [9.17, 15) is 5.11 Å². The number of phenols is 1. The summed E-state index contributed by atoms with van der Waals surface area (Å²) >= 11 is 25.0. The number of rotatable bonds is 2. The van der Waals surface area contributed by atoms with Crippen molar-refractivity contribution < 1.29 is 9.84 Å². The Morgan fingerprint density at radius 3 is 2.41 bits per heavy atom. The van der Waals surface area contributed by atoms with E-state index in [-0.39, 0.29) is 16.6 Å². The van der Waals surface area contributed by atoms with Crippen molar-refractivity contribution in [3.63, 3.8) is 0 Å². The molecule has 0 radical (unpaired) electrons. The number of anilines is 1. The summed E-state index contributed by atoms with van der Waals surface area (Å²) < 4.78 is 6.16. The Labute approximate surface area is 205 Å². The predicted molar refractivity (Wildman–Crippen MR) is 129 cm³/mol. The lowest BCUT2D eigenvalue weighted by atomic mass is 9.97. The van der Waals surface area contributed by atoms with Crippen molar-refractivity contribution in [3.05, 3.63) is 55.5 Å². The molecule has 2 aliphatic heterocycles. The van der Waals surface area contributed by atoms with E-state index < -0.39 is 0 Å². The van der Waals surface area contributed by atoms with Crippen molar-refractivity contribution in [3.8, 4) is 28.8 Å². The van der Waals surface area contributed by atoms with Crippen molar-refractivity contribution in [2.75, 3.05) is 18.0 Å². The number of phenolic OH excluding ortho intramolecular Hbond substituents is 1. The molecule has 0 atom stereocenters. The first-order valence-electron chi connectivity index (χ1n) is 10.3. The van der Waals surface area contributed by atoms with Gasteiger partial charge in [-0.2, -0.15) is 4.98 Å². The van der Waals surface area contributed by atoms with Gasteiger partial charge in [0.15, 0.2) is 11.6 Å². The van der Waals surface area contributed by atoms with Gasteiger partial charge in [-0.15, -0.1) is 0 Å². The second-order valence-corrected chi connectivity index (χ2v) is 9.95. The zero-order chi connectivity index (χ0) is 22.6. The molecule has 1 N–H and O–H groups in total. The summed E-state index contributed by atoms with van der Waals surface area (Å²) in [6, 6.07) is 6.56. The van der Waals surface area contributed by atoms with Gasteiger partial charge in [0.2, 0.25) is 5.88 Å². The van der Waals surface area contributed by atoms with Gasteiger partial charge in [-0.25, -0.2) is 4.98 Å². The topological polar surface area (TPSA) is 58.5 Å². The van der Waals surface area contributed by atoms with Crippen LogP contribution in [0.3, 0.4) is 0 Å². The fourth-order valence-electron chi connectivity index (χ4n) is 4.18. The third kappa shape index (κ3) is 3.96. The molecular weight excluding hydrogens is 492 g/mol. The standard InChI is InChI=1S/C23H19Cl4N3O2/c1-11-2-4-30(5-3-11)22-16-7-12-6-13(24)10-18(27)20(12)32-23(16)29-21(28-22)15-8-14(25)9-17(26)19(15)31/h6,8-11,31H,2-5,7H2,1H3. The van der Waals surface area contributed by atoms with E-state index in [1.807, 2.05) is 6.07 Å². The van der Waals surface area contributed by atoms with Crippen LogP contribution >= 0.6 is 46.4 Å². The highest BCUT2D eigenvalue weighted by molar-refractivity contribution is 6.36. The van der Waals surface area contributed by atoms with Gasteiger partial charge in [-0.05, 0) is 43.0 Å². The summed E-state index contributed by atoms with van der Waals surface area (Å²) in [4.78, 5) is 11.7. The van der Waals surface area contributed by atoms with Crippen LogP contribution < -0.4 is 9.64 Å². The summed E-state index contributed by atoms with van der Waals surface area (Å²) in [6.07, 6.45) is 2.67. The molecule has 5 nitrogen and oxygen atoms in total. The number of nitrogens with zero attached hydrogens (tertiary/aromatic N) is 3. The number of halogens is 4. The number of hydrogen-bond donors (Lipinski definition) is 1. The number of fused-ring (bicyclic) bond motifs is 2. The molecule has 1 aromatic heterocycles.